The lowest BCUT2D eigenvalue weighted by atomic mass is 10.3. The standard InChI is InChI=1S/C14H11N5S/c1-8-4-10-13(18-8)15-6-16-14(10)19-9-2-3-11-12(5-9)20-7-17-11/h2-7H,1H3,(H2,15,16,18,19). The van der Waals surface area contributed by atoms with Gasteiger partial charge in [-0.05, 0) is 31.2 Å². The van der Waals surface area contributed by atoms with Gasteiger partial charge in [0.25, 0.3) is 0 Å². The maximum Gasteiger partial charge on any atom is 0.143 e. The second kappa shape index (κ2) is 4.28. The van der Waals surface area contributed by atoms with Gasteiger partial charge in [-0.15, -0.1) is 11.3 Å². The first kappa shape index (κ1) is 11.4. The van der Waals surface area contributed by atoms with Gasteiger partial charge in [-0.2, -0.15) is 0 Å². The summed E-state index contributed by atoms with van der Waals surface area (Å²) in [5.41, 5.74) is 5.79. The van der Waals surface area contributed by atoms with Crippen molar-refractivity contribution < 1.29 is 0 Å². The van der Waals surface area contributed by atoms with Crippen molar-refractivity contribution in [3.63, 3.8) is 0 Å². The Hall–Kier alpha value is -2.47. The van der Waals surface area contributed by atoms with E-state index in [-0.39, 0.29) is 0 Å². The fourth-order valence-electron chi connectivity index (χ4n) is 2.24. The van der Waals surface area contributed by atoms with Gasteiger partial charge in [0.1, 0.15) is 17.8 Å². The third-order valence-electron chi connectivity index (χ3n) is 3.15. The molecular weight excluding hydrogens is 270 g/mol. The summed E-state index contributed by atoms with van der Waals surface area (Å²) >= 11 is 1.63. The Kier molecular flexibility index (Phi) is 2.43. The zero-order valence-electron chi connectivity index (χ0n) is 10.7. The van der Waals surface area contributed by atoms with E-state index in [4.69, 9.17) is 0 Å². The predicted octanol–water partition coefficient (Wildman–Crippen LogP) is 3.62. The zero-order valence-corrected chi connectivity index (χ0v) is 11.5. The molecule has 3 heterocycles. The van der Waals surface area contributed by atoms with E-state index in [9.17, 15) is 0 Å². The maximum absolute atomic E-state index is 4.33. The second-order valence-electron chi connectivity index (χ2n) is 4.60. The van der Waals surface area contributed by atoms with Crippen LogP contribution in [-0.2, 0) is 0 Å². The van der Waals surface area contributed by atoms with Crippen molar-refractivity contribution in [2.75, 3.05) is 5.32 Å². The molecule has 4 aromatic rings. The molecule has 0 saturated heterocycles. The summed E-state index contributed by atoms with van der Waals surface area (Å²) in [4.78, 5) is 16.1. The third kappa shape index (κ3) is 1.81. The van der Waals surface area contributed by atoms with Crippen LogP contribution in [0.3, 0.4) is 0 Å². The first-order valence-electron chi connectivity index (χ1n) is 6.20. The van der Waals surface area contributed by atoms with Crippen LogP contribution in [0.25, 0.3) is 21.3 Å². The number of aryl methyl sites for hydroxylation is 1. The van der Waals surface area contributed by atoms with Gasteiger partial charge in [0.05, 0.1) is 21.1 Å². The molecule has 20 heavy (non-hydrogen) atoms. The molecule has 0 unspecified atom stereocenters. The smallest absolute Gasteiger partial charge is 0.143 e. The maximum atomic E-state index is 4.33. The summed E-state index contributed by atoms with van der Waals surface area (Å²) in [5, 5.41) is 4.34. The number of H-pyrrole nitrogens is 1. The number of benzene rings is 1. The normalized spacial score (nSPS) is 11.2. The van der Waals surface area contributed by atoms with E-state index in [2.05, 4.69) is 31.3 Å². The molecule has 4 rings (SSSR count). The highest BCUT2D eigenvalue weighted by Gasteiger charge is 2.07. The van der Waals surface area contributed by atoms with Gasteiger partial charge in [-0.1, -0.05) is 0 Å². The first-order valence-corrected chi connectivity index (χ1v) is 7.08. The van der Waals surface area contributed by atoms with E-state index in [1.165, 1.54) is 0 Å². The number of nitrogens with one attached hydrogen (secondary N) is 2. The molecule has 2 N–H and O–H groups in total. The Morgan fingerprint density at radius 2 is 2.10 bits per heavy atom. The molecule has 0 spiro atoms. The van der Waals surface area contributed by atoms with Gasteiger partial charge in [-0.25, -0.2) is 15.0 Å². The number of nitrogens with zero attached hydrogens (tertiary/aromatic N) is 3. The molecule has 0 aliphatic carbocycles. The van der Waals surface area contributed by atoms with E-state index >= 15 is 0 Å². The summed E-state index contributed by atoms with van der Waals surface area (Å²) < 4.78 is 1.16. The second-order valence-corrected chi connectivity index (χ2v) is 5.48. The van der Waals surface area contributed by atoms with E-state index in [1.54, 1.807) is 17.7 Å². The topological polar surface area (TPSA) is 66.5 Å². The molecule has 0 amide bonds. The van der Waals surface area contributed by atoms with Crippen LogP contribution in [0.1, 0.15) is 5.69 Å². The van der Waals surface area contributed by atoms with Crippen LogP contribution in [0, 0.1) is 6.92 Å². The number of aromatic amines is 1. The van der Waals surface area contributed by atoms with Gasteiger partial charge in [0, 0.05) is 11.4 Å². The summed E-state index contributed by atoms with van der Waals surface area (Å²) in [7, 11) is 0. The molecule has 0 bridgehead atoms. The minimum absolute atomic E-state index is 0.809. The Balaban J connectivity index is 1.79. The number of fused-ring (bicyclic) bond motifs is 2. The third-order valence-corrected chi connectivity index (χ3v) is 3.95. The van der Waals surface area contributed by atoms with Crippen LogP contribution in [-0.4, -0.2) is 19.9 Å². The molecule has 0 atom stereocenters. The van der Waals surface area contributed by atoms with E-state index in [0.29, 0.717) is 0 Å². The minimum Gasteiger partial charge on any atom is -0.343 e. The highest BCUT2D eigenvalue weighted by atomic mass is 32.1. The van der Waals surface area contributed by atoms with Gasteiger partial charge < -0.3 is 10.3 Å². The monoisotopic (exact) mass is 281 g/mol. The largest absolute Gasteiger partial charge is 0.343 e. The molecule has 5 nitrogen and oxygen atoms in total. The van der Waals surface area contributed by atoms with E-state index in [1.807, 2.05) is 30.6 Å². The lowest BCUT2D eigenvalue weighted by Gasteiger charge is -2.06. The molecule has 0 aliphatic heterocycles. The van der Waals surface area contributed by atoms with Crippen molar-refractivity contribution >= 4 is 44.1 Å². The average molecular weight is 281 g/mol. The number of anilines is 2. The van der Waals surface area contributed by atoms with Crippen molar-refractivity contribution in [1.29, 1.82) is 0 Å². The fourth-order valence-corrected chi connectivity index (χ4v) is 2.96. The number of thiazole rings is 1. The Bertz CT molecular complexity index is 908. The lowest BCUT2D eigenvalue weighted by Crippen LogP contribution is -1.94. The average Bonchev–Trinajstić information content (AvgIpc) is 3.04. The van der Waals surface area contributed by atoms with Gasteiger partial charge in [0.2, 0.25) is 0 Å². The molecular formula is C14H11N5S. The van der Waals surface area contributed by atoms with Gasteiger partial charge >= 0.3 is 0 Å². The van der Waals surface area contributed by atoms with Gasteiger partial charge in [-0.3, -0.25) is 0 Å². The van der Waals surface area contributed by atoms with Crippen LogP contribution in [0.4, 0.5) is 11.5 Å². The molecule has 3 aromatic heterocycles. The summed E-state index contributed by atoms with van der Waals surface area (Å²) in [6, 6.07) is 8.15. The van der Waals surface area contributed by atoms with Crippen LogP contribution < -0.4 is 5.32 Å². The Morgan fingerprint density at radius 3 is 3.05 bits per heavy atom. The fraction of sp³-hybridized carbons (Fsp3) is 0.0714. The Labute approximate surface area is 118 Å². The van der Waals surface area contributed by atoms with Crippen LogP contribution >= 0.6 is 11.3 Å². The predicted molar refractivity (Wildman–Crippen MR) is 81.5 cm³/mol. The number of hydrogen-bond acceptors (Lipinski definition) is 5. The first-order chi connectivity index (χ1) is 9.79. The van der Waals surface area contributed by atoms with Crippen molar-refractivity contribution in [3.8, 4) is 0 Å². The quantitative estimate of drug-likeness (QED) is 0.589. The van der Waals surface area contributed by atoms with Crippen LogP contribution in [0.2, 0.25) is 0 Å². The lowest BCUT2D eigenvalue weighted by molar-refractivity contribution is 1.18. The van der Waals surface area contributed by atoms with Crippen molar-refractivity contribution in [2.45, 2.75) is 6.92 Å². The van der Waals surface area contributed by atoms with Crippen LogP contribution in [0.15, 0.2) is 36.1 Å². The van der Waals surface area contributed by atoms with Crippen molar-refractivity contribution in [3.05, 3.63) is 41.8 Å². The molecule has 6 heteroatoms. The highest BCUT2D eigenvalue weighted by molar-refractivity contribution is 7.16. The zero-order chi connectivity index (χ0) is 13.5. The number of rotatable bonds is 2. The van der Waals surface area contributed by atoms with E-state index < -0.39 is 0 Å². The van der Waals surface area contributed by atoms with Crippen LogP contribution in [0.5, 0.6) is 0 Å². The van der Waals surface area contributed by atoms with E-state index in [0.717, 1.165) is 38.4 Å². The molecule has 0 aliphatic rings. The van der Waals surface area contributed by atoms with Gasteiger partial charge in [0.15, 0.2) is 0 Å². The summed E-state index contributed by atoms with van der Waals surface area (Å²) in [6.45, 7) is 2.01. The molecule has 0 fully saturated rings. The Morgan fingerprint density at radius 1 is 1.15 bits per heavy atom. The SMILES string of the molecule is Cc1cc2c(Nc3ccc4ncsc4c3)ncnc2[nH]1. The van der Waals surface area contributed by atoms with Crippen molar-refractivity contribution in [2.24, 2.45) is 0 Å². The molecule has 1 aromatic carbocycles. The number of hydrogen-bond donors (Lipinski definition) is 2. The molecule has 0 saturated carbocycles. The van der Waals surface area contributed by atoms with Crippen molar-refractivity contribution in [1.82, 2.24) is 19.9 Å². The molecule has 98 valence electrons. The summed E-state index contributed by atoms with van der Waals surface area (Å²) in [5.74, 6) is 0.809. The highest BCUT2D eigenvalue weighted by Crippen LogP contribution is 2.26. The minimum atomic E-state index is 0.809. The molecule has 0 radical (unpaired) electrons. The number of aromatic nitrogens is 4. The summed E-state index contributed by atoms with van der Waals surface area (Å²) in [6.07, 6.45) is 1.56.